The molecule has 27 heavy (non-hydrogen) atoms. The number of thioether (sulfide) groups is 1. The van der Waals surface area contributed by atoms with Gasteiger partial charge in [-0.05, 0) is 48.7 Å². The van der Waals surface area contributed by atoms with Crippen LogP contribution in [0.4, 0.5) is 0 Å². The average molecular weight is 417 g/mol. The summed E-state index contributed by atoms with van der Waals surface area (Å²) < 4.78 is 6.93. The van der Waals surface area contributed by atoms with Crippen molar-refractivity contribution in [2.45, 2.75) is 5.16 Å². The quantitative estimate of drug-likeness (QED) is 0.250. The van der Waals surface area contributed by atoms with Gasteiger partial charge in [-0.3, -0.25) is 0 Å². The minimum Gasteiger partial charge on any atom is -0.497 e. The Hall–Kier alpha value is -2.28. The van der Waals surface area contributed by atoms with Crippen molar-refractivity contribution >= 4 is 40.5 Å². The van der Waals surface area contributed by atoms with Crippen LogP contribution in [0.5, 0.6) is 5.75 Å². The normalized spacial score (nSPS) is 11.1. The van der Waals surface area contributed by atoms with Gasteiger partial charge in [-0.25, -0.2) is 14.5 Å². The van der Waals surface area contributed by atoms with E-state index in [0.717, 1.165) is 33.8 Å². The summed E-state index contributed by atoms with van der Waals surface area (Å²) in [6.45, 7) is 0. The van der Waals surface area contributed by atoms with Gasteiger partial charge in [0.2, 0.25) is 0 Å². The van der Waals surface area contributed by atoms with Crippen molar-refractivity contribution in [2.24, 2.45) is 0 Å². The van der Waals surface area contributed by atoms with Gasteiger partial charge in [0.05, 0.1) is 23.9 Å². The second-order valence-corrected chi connectivity index (χ2v) is 7.27. The van der Waals surface area contributed by atoms with E-state index in [9.17, 15) is 0 Å². The van der Waals surface area contributed by atoms with Crippen LogP contribution in [0, 0.1) is 0 Å². The zero-order chi connectivity index (χ0) is 19.0. The highest BCUT2D eigenvalue weighted by atomic mass is 35.5. The predicted molar refractivity (Wildman–Crippen MR) is 110 cm³/mol. The Morgan fingerprint density at radius 1 is 1.07 bits per heavy atom. The molecule has 1 aromatic carbocycles. The van der Waals surface area contributed by atoms with E-state index >= 15 is 0 Å². The van der Waals surface area contributed by atoms with Crippen molar-refractivity contribution in [3.63, 3.8) is 0 Å². The molecule has 5 nitrogen and oxygen atoms in total. The second kappa shape index (κ2) is 7.38. The van der Waals surface area contributed by atoms with Crippen LogP contribution in [0.1, 0.15) is 0 Å². The predicted octanol–water partition coefficient (Wildman–Crippen LogP) is 5.50. The van der Waals surface area contributed by atoms with Gasteiger partial charge in [0.25, 0.3) is 0 Å². The fourth-order valence-electron chi connectivity index (χ4n) is 2.86. The van der Waals surface area contributed by atoms with Crippen LogP contribution >= 0.6 is 35.0 Å². The molecule has 0 fully saturated rings. The van der Waals surface area contributed by atoms with Gasteiger partial charge in [-0.1, -0.05) is 35.0 Å². The Labute approximate surface area is 170 Å². The number of aromatic nitrogens is 4. The van der Waals surface area contributed by atoms with Crippen molar-refractivity contribution in [3.05, 3.63) is 58.8 Å². The molecule has 136 valence electrons. The summed E-state index contributed by atoms with van der Waals surface area (Å²) in [4.78, 5) is 8.91. The molecule has 0 radical (unpaired) electrons. The molecule has 0 aliphatic rings. The largest absolute Gasteiger partial charge is 0.497 e. The summed E-state index contributed by atoms with van der Waals surface area (Å²) in [5.41, 5.74) is 4.07. The van der Waals surface area contributed by atoms with Gasteiger partial charge in [0, 0.05) is 16.8 Å². The van der Waals surface area contributed by atoms with Crippen LogP contribution in [-0.2, 0) is 0 Å². The first-order valence-corrected chi connectivity index (χ1v) is 9.98. The second-order valence-electron chi connectivity index (χ2n) is 5.67. The molecular formula is C19H14Cl2N4OS. The van der Waals surface area contributed by atoms with Crippen molar-refractivity contribution in [1.29, 1.82) is 0 Å². The molecule has 8 heteroatoms. The van der Waals surface area contributed by atoms with E-state index in [4.69, 9.17) is 33.0 Å². The maximum Gasteiger partial charge on any atom is 0.187 e. The zero-order valence-corrected chi connectivity index (χ0v) is 16.8. The summed E-state index contributed by atoms with van der Waals surface area (Å²) in [7, 11) is 1.64. The molecule has 3 heterocycles. The van der Waals surface area contributed by atoms with E-state index in [1.54, 1.807) is 23.9 Å². The average Bonchev–Trinajstić information content (AvgIpc) is 3.07. The van der Waals surface area contributed by atoms with Crippen LogP contribution in [0.15, 0.2) is 53.8 Å². The van der Waals surface area contributed by atoms with Crippen LogP contribution in [0.3, 0.4) is 0 Å². The molecule has 0 spiro atoms. The third-order valence-electron chi connectivity index (χ3n) is 4.09. The van der Waals surface area contributed by atoms with Crippen LogP contribution in [0.2, 0.25) is 10.2 Å². The standard InChI is InChI=1S/C19H14Cl2N4OS/c1-26-13-5-3-11(4-6-13)18-17(14-7-8-22-19(23-14)27-2)15-9-12(20)10-16(21)25(15)24-18/h3-10H,1-2H3. The number of benzene rings is 1. The summed E-state index contributed by atoms with van der Waals surface area (Å²) in [6.07, 6.45) is 3.68. The molecule has 0 unspecified atom stereocenters. The van der Waals surface area contributed by atoms with E-state index in [1.165, 1.54) is 11.8 Å². The van der Waals surface area contributed by atoms with Gasteiger partial charge in [0.15, 0.2) is 5.16 Å². The number of hydrogen-bond donors (Lipinski definition) is 0. The molecule has 0 saturated heterocycles. The first kappa shape index (κ1) is 18.1. The number of pyridine rings is 1. The van der Waals surface area contributed by atoms with Gasteiger partial charge in [0.1, 0.15) is 16.6 Å². The van der Waals surface area contributed by atoms with E-state index in [1.807, 2.05) is 42.7 Å². The number of halogens is 2. The lowest BCUT2D eigenvalue weighted by Crippen LogP contribution is -1.91. The number of hydrogen-bond acceptors (Lipinski definition) is 5. The Bertz CT molecular complexity index is 1130. The third kappa shape index (κ3) is 3.36. The summed E-state index contributed by atoms with van der Waals surface area (Å²) >= 11 is 14.1. The first-order valence-electron chi connectivity index (χ1n) is 8.00. The minimum absolute atomic E-state index is 0.428. The molecular weight excluding hydrogens is 403 g/mol. The molecule has 3 aromatic heterocycles. The zero-order valence-electron chi connectivity index (χ0n) is 14.5. The fourth-order valence-corrected chi connectivity index (χ4v) is 3.72. The van der Waals surface area contributed by atoms with Crippen LogP contribution in [0.25, 0.3) is 28.0 Å². The van der Waals surface area contributed by atoms with Gasteiger partial charge in [-0.15, -0.1) is 0 Å². The van der Waals surface area contributed by atoms with Gasteiger partial charge >= 0.3 is 0 Å². The van der Waals surface area contributed by atoms with E-state index in [0.29, 0.717) is 15.3 Å². The van der Waals surface area contributed by atoms with Crippen molar-refractivity contribution in [1.82, 2.24) is 19.6 Å². The molecule has 0 atom stereocenters. The lowest BCUT2D eigenvalue weighted by molar-refractivity contribution is 0.415. The van der Waals surface area contributed by atoms with Gasteiger partial charge < -0.3 is 4.74 Å². The van der Waals surface area contributed by atoms with E-state index in [2.05, 4.69) is 9.97 Å². The smallest absolute Gasteiger partial charge is 0.187 e. The number of methoxy groups -OCH3 is 1. The Morgan fingerprint density at radius 3 is 2.56 bits per heavy atom. The molecule has 4 aromatic rings. The maximum atomic E-state index is 6.39. The summed E-state index contributed by atoms with van der Waals surface area (Å²) in [5.74, 6) is 0.775. The van der Waals surface area contributed by atoms with E-state index < -0.39 is 0 Å². The monoisotopic (exact) mass is 416 g/mol. The molecule has 0 saturated carbocycles. The molecule has 0 N–H and O–H groups in total. The highest BCUT2D eigenvalue weighted by Gasteiger charge is 2.20. The SMILES string of the molecule is COc1ccc(-c2nn3c(Cl)cc(Cl)cc3c2-c2ccnc(SC)n2)cc1. The summed E-state index contributed by atoms with van der Waals surface area (Å²) in [5, 5.41) is 6.37. The lowest BCUT2D eigenvalue weighted by Gasteiger charge is -2.06. The minimum atomic E-state index is 0.428. The molecule has 4 rings (SSSR count). The number of rotatable bonds is 4. The third-order valence-corrected chi connectivity index (χ3v) is 5.14. The first-order chi connectivity index (χ1) is 13.1. The van der Waals surface area contributed by atoms with Crippen LogP contribution in [-0.4, -0.2) is 32.9 Å². The maximum absolute atomic E-state index is 6.39. The van der Waals surface area contributed by atoms with Gasteiger partial charge in [-0.2, -0.15) is 5.10 Å². The highest BCUT2D eigenvalue weighted by Crippen LogP contribution is 2.37. The topological polar surface area (TPSA) is 52.3 Å². The molecule has 0 aliphatic carbocycles. The van der Waals surface area contributed by atoms with E-state index in [-0.39, 0.29) is 0 Å². The number of ether oxygens (including phenoxy) is 1. The lowest BCUT2D eigenvalue weighted by atomic mass is 10.0. The van der Waals surface area contributed by atoms with Crippen molar-refractivity contribution in [2.75, 3.05) is 13.4 Å². The molecule has 0 aliphatic heterocycles. The van der Waals surface area contributed by atoms with Crippen molar-refractivity contribution < 1.29 is 4.74 Å². The Balaban J connectivity index is 2.03. The Morgan fingerprint density at radius 2 is 1.85 bits per heavy atom. The molecule has 0 amide bonds. The highest BCUT2D eigenvalue weighted by molar-refractivity contribution is 7.98. The summed E-state index contributed by atoms with van der Waals surface area (Å²) in [6, 6.07) is 13.1. The number of fused-ring (bicyclic) bond motifs is 1. The Kier molecular flexibility index (Phi) is 4.95. The number of nitrogens with zero attached hydrogens (tertiary/aromatic N) is 4. The molecule has 0 bridgehead atoms. The fraction of sp³-hybridized carbons (Fsp3) is 0.105. The van der Waals surface area contributed by atoms with Crippen LogP contribution < -0.4 is 4.74 Å². The van der Waals surface area contributed by atoms with Crippen molar-refractivity contribution in [3.8, 4) is 28.3 Å².